The fourth-order valence-corrected chi connectivity index (χ4v) is 6.91. The molecule has 0 aliphatic carbocycles. The van der Waals surface area contributed by atoms with Gasteiger partial charge in [0.05, 0.1) is 30.3 Å². The number of ether oxygens (including phenoxy) is 2. The van der Waals surface area contributed by atoms with Crippen molar-refractivity contribution < 1.29 is 29.3 Å². The second-order valence-corrected chi connectivity index (χ2v) is 11.7. The summed E-state index contributed by atoms with van der Waals surface area (Å²) in [7, 11) is 2.90. The molecule has 0 spiro atoms. The molecule has 4 unspecified atom stereocenters. The minimum absolute atomic E-state index is 0.0275. The van der Waals surface area contributed by atoms with Gasteiger partial charge in [-0.15, -0.1) is 23.1 Å². The number of thiophene rings is 1. The highest BCUT2D eigenvalue weighted by molar-refractivity contribution is 8.01. The molecular weight excluding hydrogens is 500 g/mol. The van der Waals surface area contributed by atoms with Crippen LogP contribution in [0.3, 0.4) is 0 Å². The van der Waals surface area contributed by atoms with Crippen LogP contribution in [0.2, 0.25) is 0 Å². The SMILES string of the molecule is COC(=O)C1CN(CCSc2cccs2)CCC1CCCO.COC(=O)C1CNCCC1CCCO. The molecule has 0 radical (unpaired) electrons. The fourth-order valence-electron chi connectivity index (χ4n) is 5.05. The number of nitrogens with zero attached hydrogens (tertiary/aromatic N) is 1. The number of nitrogens with one attached hydrogen (secondary N) is 1. The Hall–Kier alpha value is -1.17. The van der Waals surface area contributed by atoms with Crippen molar-refractivity contribution in [2.45, 2.75) is 42.7 Å². The fraction of sp³-hybridized carbons (Fsp3) is 0.769. The van der Waals surface area contributed by atoms with Crippen LogP contribution in [-0.4, -0.2) is 93.0 Å². The summed E-state index contributed by atoms with van der Waals surface area (Å²) in [5.74, 6) is 1.48. The third-order valence-electron chi connectivity index (χ3n) is 7.09. The second kappa shape index (κ2) is 18.1. The van der Waals surface area contributed by atoms with E-state index in [-0.39, 0.29) is 37.0 Å². The van der Waals surface area contributed by atoms with Crippen molar-refractivity contribution in [2.24, 2.45) is 23.7 Å². The molecule has 8 nitrogen and oxygen atoms in total. The molecule has 0 saturated carbocycles. The number of esters is 2. The van der Waals surface area contributed by atoms with Crippen molar-refractivity contribution in [1.82, 2.24) is 10.2 Å². The number of methoxy groups -OCH3 is 2. The van der Waals surface area contributed by atoms with E-state index in [0.29, 0.717) is 18.4 Å². The van der Waals surface area contributed by atoms with Crippen LogP contribution in [0.4, 0.5) is 0 Å². The molecule has 2 aliphatic rings. The molecular formula is C26H44N2O6S2. The summed E-state index contributed by atoms with van der Waals surface area (Å²) < 4.78 is 11.1. The number of hydrogen-bond donors (Lipinski definition) is 3. The molecule has 206 valence electrons. The third-order valence-corrected chi connectivity index (χ3v) is 9.20. The molecule has 10 heteroatoms. The van der Waals surface area contributed by atoms with Crippen LogP contribution in [0.15, 0.2) is 21.7 Å². The summed E-state index contributed by atoms with van der Waals surface area (Å²) >= 11 is 3.65. The Bertz CT molecular complexity index is 736. The van der Waals surface area contributed by atoms with Crippen LogP contribution in [0.1, 0.15) is 38.5 Å². The summed E-state index contributed by atoms with van der Waals surface area (Å²) in [4.78, 5) is 25.8. The standard InChI is InChI=1S/C16H25NO3S2.C10H19NO3/c1-20-16(19)14-12-17(7-6-13(14)4-2-9-18)8-11-22-15-5-3-10-21-15;1-14-10(13)9-7-11-5-4-8(9)3-2-6-12/h3,5,10,13-14,18H,2,4,6-9,11-12H2,1H3;8-9,11-12H,2-7H2,1H3. The average Bonchev–Trinajstić information content (AvgIpc) is 3.44. The number of carbonyl (C=O) groups is 2. The van der Waals surface area contributed by atoms with Crippen molar-refractivity contribution >= 4 is 35.0 Å². The van der Waals surface area contributed by atoms with Gasteiger partial charge in [0.2, 0.25) is 0 Å². The number of aliphatic hydroxyl groups is 2. The van der Waals surface area contributed by atoms with Crippen molar-refractivity contribution in [1.29, 1.82) is 0 Å². The molecule has 0 bridgehead atoms. The highest BCUT2D eigenvalue weighted by atomic mass is 32.2. The summed E-state index contributed by atoms with van der Waals surface area (Å²) in [6.45, 7) is 4.90. The molecule has 3 N–H and O–H groups in total. The van der Waals surface area contributed by atoms with E-state index in [1.807, 2.05) is 11.8 Å². The minimum atomic E-state index is -0.125. The minimum Gasteiger partial charge on any atom is -0.469 e. The lowest BCUT2D eigenvalue weighted by Crippen LogP contribution is -2.45. The van der Waals surface area contributed by atoms with Crippen LogP contribution in [0.25, 0.3) is 0 Å². The average molecular weight is 545 g/mol. The second-order valence-electron chi connectivity index (χ2n) is 9.37. The number of thioether (sulfide) groups is 1. The first kappa shape index (κ1) is 31.1. The van der Waals surface area contributed by atoms with Gasteiger partial charge in [0.1, 0.15) is 0 Å². The maximum Gasteiger partial charge on any atom is 0.310 e. The van der Waals surface area contributed by atoms with Crippen molar-refractivity contribution in [3.8, 4) is 0 Å². The number of rotatable bonds is 12. The first-order chi connectivity index (χ1) is 17.5. The van der Waals surface area contributed by atoms with E-state index >= 15 is 0 Å². The lowest BCUT2D eigenvalue weighted by Gasteiger charge is -2.37. The topological polar surface area (TPSA) is 108 Å². The Balaban J connectivity index is 0.000000281. The highest BCUT2D eigenvalue weighted by Crippen LogP contribution is 2.30. The van der Waals surface area contributed by atoms with Crippen LogP contribution in [-0.2, 0) is 19.1 Å². The predicted octanol–water partition coefficient (Wildman–Crippen LogP) is 2.88. The maximum absolute atomic E-state index is 12.0. The van der Waals surface area contributed by atoms with Gasteiger partial charge < -0.3 is 29.9 Å². The molecule has 0 amide bonds. The van der Waals surface area contributed by atoms with E-state index in [2.05, 4.69) is 27.7 Å². The van der Waals surface area contributed by atoms with Gasteiger partial charge >= 0.3 is 11.9 Å². The number of likely N-dealkylation sites (tertiary alicyclic amines) is 1. The molecule has 4 atom stereocenters. The van der Waals surface area contributed by atoms with Gasteiger partial charge in [-0.25, -0.2) is 0 Å². The van der Waals surface area contributed by atoms with Gasteiger partial charge in [-0.1, -0.05) is 6.07 Å². The van der Waals surface area contributed by atoms with Crippen molar-refractivity contribution in [2.75, 3.05) is 65.9 Å². The zero-order valence-electron chi connectivity index (χ0n) is 21.7. The van der Waals surface area contributed by atoms with Gasteiger partial charge in [0, 0.05) is 38.6 Å². The molecule has 1 aromatic heterocycles. The summed E-state index contributed by atoms with van der Waals surface area (Å²) in [6, 6.07) is 4.22. The summed E-state index contributed by atoms with van der Waals surface area (Å²) in [5, 5.41) is 23.0. The predicted molar refractivity (Wildman–Crippen MR) is 144 cm³/mol. The summed E-state index contributed by atoms with van der Waals surface area (Å²) in [5.41, 5.74) is 0. The largest absolute Gasteiger partial charge is 0.469 e. The number of carbonyl (C=O) groups excluding carboxylic acids is 2. The van der Waals surface area contributed by atoms with E-state index in [9.17, 15) is 9.59 Å². The molecule has 0 aromatic carbocycles. The first-order valence-corrected chi connectivity index (χ1v) is 14.9. The van der Waals surface area contributed by atoms with Gasteiger partial charge in [-0.05, 0) is 74.9 Å². The van der Waals surface area contributed by atoms with Gasteiger partial charge in [0.15, 0.2) is 0 Å². The number of aliphatic hydroxyl groups excluding tert-OH is 2. The normalized spacial score (nSPS) is 24.4. The zero-order valence-corrected chi connectivity index (χ0v) is 23.4. The van der Waals surface area contributed by atoms with E-state index in [1.54, 1.807) is 11.3 Å². The summed E-state index contributed by atoms with van der Waals surface area (Å²) in [6.07, 6.45) is 5.39. The third kappa shape index (κ3) is 10.7. The van der Waals surface area contributed by atoms with Gasteiger partial charge in [-0.3, -0.25) is 9.59 Å². The zero-order chi connectivity index (χ0) is 26.2. The van der Waals surface area contributed by atoms with E-state index < -0.39 is 0 Å². The number of hydrogen-bond acceptors (Lipinski definition) is 10. The molecule has 2 aliphatic heterocycles. The molecule has 2 fully saturated rings. The molecule has 36 heavy (non-hydrogen) atoms. The smallest absolute Gasteiger partial charge is 0.310 e. The molecule has 2 saturated heterocycles. The lowest BCUT2D eigenvalue weighted by molar-refractivity contribution is -0.150. The monoisotopic (exact) mass is 544 g/mol. The van der Waals surface area contributed by atoms with Crippen LogP contribution in [0.5, 0.6) is 0 Å². The Morgan fingerprint density at radius 3 is 2.36 bits per heavy atom. The van der Waals surface area contributed by atoms with Gasteiger partial charge in [-0.2, -0.15) is 0 Å². The van der Waals surface area contributed by atoms with Crippen molar-refractivity contribution in [3.05, 3.63) is 17.5 Å². The van der Waals surface area contributed by atoms with Crippen LogP contribution in [0, 0.1) is 23.7 Å². The quantitative estimate of drug-likeness (QED) is 0.270. The Morgan fingerprint density at radius 2 is 1.75 bits per heavy atom. The first-order valence-electron chi connectivity index (χ1n) is 13.0. The Labute approximate surface area is 224 Å². The van der Waals surface area contributed by atoms with E-state index in [1.165, 1.54) is 18.4 Å². The maximum atomic E-state index is 12.0. The van der Waals surface area contributed by atoms with Crippen LogP contribution < -0.4 is 5.32 Å². The lowest BCUT2D eigenvalue weighted by atomic mass is 9.82. The molecule has 3 rings (SSSR count). The van der Waals surface area contributed by atoms with E-state index in [0.717, 1.165) is 70.5 Å². The molecule has 1 aromatic rings. The van der Waals surface area contributed by atoms with Gasteiger partial charge in [0.25, 0.3) is 0 Å². The Morgan fingerprint density at radius 1 is 1.08 bits per heavy atom. The Kier molecular flexibility index (Phi) is 15.6. The highest BCUT2D eigenvalue weighted by Gasteiger charge is 2.34. The molecule has 3 heterocycles. The van der Waals surface area contributed by atoms with Crippen molar-refractivity contribution in [3.63, 3.8) is 0 Å². The number of piperidine rings is 2. The van der Waals surface area contributed by atoms with E-state index in [4.69, 9.17) is 19.7 Å². The van der Waals surface area contributed by atoms with Crippen LogP contribution >= 0.6 is 23.1 Å².